The summed E-state index contributed by atoms with van der Waals surface area (Å²) in [4.78, 5) is 0. The van der Waals surface area contributed by atoms with Gasteiger partial charge in [-0.1, -0.05) is 0 Å². The molecule has 0 amide bonds. The topological polar surface area (TPSA) is 38.0 Å². The molecule has 0 aliphatic carbocycles. The number of nitrogens with one attached hydrogen (secondary N) is 1. The lowest BCUT2D eigenvalue weighted by molar-refractivity contribution is 0.283. The molecule has 7 heavy (non-hydrogen) atoms. The first-order valence-corrected chi connectivity index (χ1v) is 2.25. The van der Waals surface area contributed by atoms with Gasteiger partial charge >= 0.3 is 0 Å². The van der Waals surface area contributed by atoms with Gasteiger partial charge in [0.25, 0.3) is 0 Å². The quantitative estimate of drug-likeness (QED) is 0.480. The molecule has 0 fully saturated rings. The van der Waals surface area contributed by atoms with E-state index in [9.17, 15) is 4.39 Å². The summed E-state index contributed by atoms with van der Waals surface area (Å²) in [7, 11) is 1.63. The zero-order chi connectivity index (χ0) is 5.86. The first-order valence-electron chi connectivity index (χ1n) is 2.25. The van der Waals surface area contributed by atoms with Crippen LogP contribution in [0.4, 0.5) is 4.39 Å². The molecule has 2 atom stereocenters. The molecule has 0 aromatic carbocycles. The van der Waals surface area contributed by atoms with Gasteiger partial charge in [0, 0.05) is 0 Å². The zero-order valence-corrected chi connectivity index (χ0v) is 4.61. The fourth-order valence-corrected chi connectivity index (χ4v) is 0.230. The van der Waals surface area contributed by atoms with Crippen LogP contribution >= 0.6 is 0 Å². The monoisotopic (exact) mass is 106 g/mol. The van der Waals surface area contributed by atoms with Gasteiger partial charge in [0.2, 0.25) is 0 Å². The Labute approximate surface area is 42.9 Å². The summed E-state index contributed by atoms with van der Waals surface area (Å²) in [6.07, 6.45) is -1.48. The first-order chi connectivity index (χ1) is 3.18. The van der Waals surface area contributed by atoms with Crippen molar-refractivity contribution in [1.29, 1.82) is 0 Å². The number of hydrogen-bond acceptors (Lipinski definition) is 2. The molecule has 3 heteroatoms. The number of alkyl halides is 1. The van der Waals surface area contributed by atoms with E-state index in [2.05, 4.69) is 5.32 Å². The van der Waals surface area contributed by atoms with Gasteiger partial charge in [0.15, 0.2) is 0 Å². The van der Waals surface area contributed by atoms with Crippen molar-refractivity contribution in [2.75, 3.05) is 7.05 Å². The molecule has 1 unspecified atom stereocenters. The van der Waals surface area contributed by atoms with Crippen molar-refractivity contribution >= 4 is 0 Å². The van der Waals surface area contributed by atoms with Gasteiger partial charge < -0.3 is 11.1 Å². The van der Waals surface area contributed by atoms with Crippen molar-refractivity contribution in [3.8, 4) is 0 Å². The fourth-order valence-electron chi connectivity index (χ4n) is 0.230. The van der Waals surface area contributed by atoms with Crippen molar-refractivity contribution in [1.82, 2.24) is 5.32 Å². The maximum Gasteiger partial charge on any atom is 0.125 e. The molecule has 0 aliphatic heterocycles. The molecule has 44 valence electrons. The highest BCUT2D eigenvalue weighted by Gasteiger charge is 2.05. The van der Waals surface area contributed by atoms with Crippen LogP contribution < -0.4 is 11.1 Å². The van der Waals surface area contributed by atoms with Crippen LogP contribution in [0, 0.1) is 0 Å². The molecule has 2 nitrogen and oxygen atoms in total. The van der Waals surface area contributed by atoms with E-state index in [-0.39, 0.29) is 0 Å². The van der Waals surface area contributed by atoms with Crippen molar-refractivity contribution in [3.05, 3.63) is 0 Å². The Hall–Kier alpha value is -0.150. The molecular formula is C4H11FN2. The Kier molecular flexibility index (Phi) is 2.87. The molecule has 0 aromatic heterocycles. The normalized spacial score (nSPS) is 18.9. The Morgan fingerprint density at radius 3 is 2.14 bits per heavy atom. The van der Waals surface area contributed by atoms with Crippen LogP contribution in [-0.4, -0.2) is 19.4 Å². The van der Waals surface area contributed by atoms with Crippen molar-refractivity contribution in [2.24, 2.45) is 5.73 Å². The summed E-state index contributed by atoms with van der Waals surface area (Å²) < 4.78 is 11.9. The minimum atomic E-state index is -0.968. The van der Waals surface area contributed by atoms with Gasteiger partial charge in [0.05, 0.1) is 6.17 Å². The summed E-state index contributed by atoms with van der Waals surface area (Å²) in [5, 5.41) is 2.57. The molecule has 0 saturated carbocycles. The smallest absolute Gasteiger partial charge is 0.125 e. The molecule has 3 N–H and O–H groups in total. The summed E-state index contributed by atoms with van der Waals surface area (Å²) in [6.45, 7) is 1.42. The van der Waals surface area contributed by atoms with E-state index < -0.39 is 12.3 Å². The Balaban J connectivity index is 3.14. The second kappa shape index (κ2) is 2.93. The number of nitrogens with two attached hydrogens (primary N) is 1. The lowest BCUT2D eigenvalue weighted by atomic mass is 10.4. The molecule has 0 aliphatic rings. The largest absolute Gasteiger partial charge is 0.313 e. The van der Waals surface area contributed by atoms with Crippen LogP contribution in [0.2, 0.25) is 0 Å². The SMILES string of the molecule is CNC(N)[C@H](C)F. The first kappa shape index (κ1) is 6.85. The molecule has 0 heterocycles. The molecule has 0 rings (SSSR count). The average molecular weight is 106 g/mol. The molecule has 0 radical (unpaired) electrons. The van der Waals surface area contributed by atoms with Gasteiger partial charge in [-0.05, 0) is 14.0 Å². The third-order valence-electron chi connectivity index (χ3n) is 0.828. The van der Waals surface area contributed by atoms with Crippen molar-refractivity contribution < 1.29 is 4.39 Å². The average Bonchev–Trinajstić information content (AvgIpc) is 1.65. The Morgan fingerprint density at radius 1 is 1.71 bits per heavy atom. The highest BCUT2D eigenvalue weighted by molar-refractivity contribution is 4.60. The van der Waals surface area contributed by atoms with Crippen molar-refractivity contribution in [2.45, 2.75) is 19.3 Å². The highest BCUT2D eigenvalue weighted by Crippen LogP contribution is 1.87. The van der Waals surface area contributed by atoms with E-state index in [4.69, 9.17) is 5.73 Å². The van der Waals surface area contributed by atoms with Crippen LogP contribution in [0.25, 0.3) is 0 Å². The van der Waals surface area contributed by atoms with E-state index >= 15 is 0 Å². The Bertz CT molecular complexity index is 47.0. The maximum absolute atomic E-state index is 11.9. The van der Waals surface area contributed by atoms with E-state index in [1.165, 1.54) is 6.92 Å². The van der Waals surface area contributed by atoms with Crippen molar-refractivity contribution in [3.63, 3.8) is 0 Å². The number of hydrogen-bond donors (Lipinski definition) is 2. The van der Waals surface area contributed by atoms with Gasteiger partial charge in [0.1, 0.15) is 6.17 Å². The van der Waals surface area contributed by atoms with Crippen LogP contribution in [0.3, 0.4) is 0 Å². The van der Waals surface area contributed by atoms with Gasteiger partial charge in [-0.25, -0.2) is 4.39 Å². The third-order valence-corrected chi connectivity index (χ3v) is 0.828. The number of halogens is 1. The lowest BCUT2D eigenvalue weighted by Crippen LogP contribution is -2.41. The maximum atomic E-state index is 11.9. The molecule has 0 spiro atoms. The van der Waals surface area contributed by atoms with E-state index in [1.807, 2.05) is 0 Å². The van der Waals surface area contributed by atoms with Gasteiger partial charge in [-0.15, -0.1) is 0 Å². The zero-order valence-electron chi connectivity index (χ0n) is 4.61. The summed E-state index contributed by atoms with van der Waals surface area (Å²) in [6, 6.07) is 0. The lowest BCUT2D eigenvalue weighted by Gasteiger charge is -2.09. The minimum Gasteiger partial charge on any atom is -0.313 e. The summed E-state index contributed by atoms with van der Waals surface area (Å²) >= 11 is 0. The molecule has 0 aromatic rings. The molecule has 0 saturated heterocycles. The molecular weight excluding hydrogens is 95.1 g/mol. The fraction of sp³-hybridized carbons (Fsp3) is 1.00. The van der Waals surface area contributed by atoms with Gasteiger partial charge in [-0.2, -0.15) is 0 Å². The predicted molar refractivity (Wildman–Crippen MR) is 27.6 cm³/mol. The highest BCUT2D eigenvalue weighted by atomic mass is 19.1. The van der Waals surface area contributed by atoms with Crippen LogP contribution in [0.1, 0.15) is 6.92 Å². The minimum absolute atomic E-state index is 0.514. The van der Waals surface area contributed by atoms with Crippen LogP contribution in [-0.2, 0) is 0 Å². The molecule has 0 bridgehead atoms. The summed E-state index contributed by atoms with van der Waals surface area (Å²) in [5.74, 6) is 0. The van der Waals surface area contributed by atoms with E-state index in [0.717, 1.165) is 0 Å². The van der Waals surface area contributed by atoms with Gasteiger partial charge in [-0.3, -0.25) is 0 Å². The summed E-state index contributed by atoms with van der Waals surface area (Å²) in [5.41, 5.74) is 5.13. The third kappa shape index (κ3) is 2.53. The standard InChI is InChI=1S/C4H11FN2/c1-3(5)4(6)7-2/h3-4,7H,6H2,1-2H3/t3-,4?/m0/s1. The Morgan fingerprint density at radius 2 is 2.14 bits per heavy atom. The number of rotatable bonds is 2. The van der Waals surface area contributed by atoms with Crippen LogP contribution in [0.15, 0.2) is 0 Å². The second-order valence-corrected chi connectivity index (χ2v) is 1.49. The van der Waals surface area contributed by atoms with E-state index in [1.54, 1.807) is 7.05 Å². The second-order valence-electron chi connectivity index (χ2n) is 1.49. The van der Waals surface area contributed by atoms with E-state index in [0.29, 0.717) is 0 Å². The predicted octanol–water partition coefficient (Wildman–Crippen LogP) is -0.151. The van der Waals surface area contributed by atoms with Crippen LogP contribution in [0.5, 0.6) is 0 Å².